The summed E-state index contributed by atoms with van der Waals surface area (Å²) in [5.41, 5.74) is 2.80. The summed E-state index contributed by atoms with van der Waals surface area (Å²) in [5, 5.41) is 4.08. The van der Waals surface area contributed by atoms with Crippen LogP contribution in [0.3, 0.4) is 0 Å². The molecule has 0 saturated heterocycles. The Balaban J connectivity index is 2.43. The standard InChI is InChI=1S/C11H10N2O/c1-13-11(6-7-12-13)10-4-2-9(8-14)3-5-10/h2-8H,1H3. The molecule has 0 aliphatic rings. The third-order valence-corrected chi connectivity index (χ3v) is 2.16. The van der Waals surface area contributed by atoms with Gasteiger partial charge in [-0.1, -0.05) is 24.3 Å². The van der Waals surface area contributed by atoms with Gasteiger partial charge in [-0.3, -0.25) is 9.48 Å². The molecule has 2 aromatic rings. The van der Waals surface area contributed by atoms with E-state index in [0.29, 0.717) is 5.56 Å². The number of hydrogen-bond acceptors (Lipinski definition) is 2. The number of aromatic nitrogens is 2. The number of aldehydes is 1. The first-order valence-electron chi connectivity index (χ1n) is 4.35. The second-order valence-electron chi connectivity index (χ2n) is 3.08. The van der Waals surface area contributed by atoms with Crippen molar-refractivity contribution < 1.29 is 4.79 Å². The minimum atomic E-state index is 0.691. The second-order valence-corrected chi connectivity index (χ2v) is 3.08. The van der Waals surface area contributed by atoms with Crippen LogP contribution in [0.1, 0.15) is 10.4 Å². The van der Waals surface area contributed by atoms with E-state index in [0.717, 1.165) is 17.5 Å². The van der Waals surface area contributed by atoms with Crippen LogP contribution in [0, 0.1) is 0 Å². The molecule has 14 heavy (non-hydrogen) atoms. The number of benzene rings is 1. The molecule has 0 aliphatic carbocycles. The van der Waals surface area contributed by atoms with Crippen molar-refractivity contribution in [3.8, 4) is 11.3 Å². The van der Waals surface area contributed by atoms with E-state index in [1.165, 1.54) is 0 Å². The van der Waals surface area contributed by atoms with E-state index in [9.17, 15) is 4.79 Å². The Morgan fingerprint density at radius 1 is 1.21 bits per heavy atom. The lowest BCUT2D eigenvalue weighted by molar-refractivity contribution is 0.112. The molecule has 1 aromatic heterocycles. The van der Waals surface area contributed by atoms with Gasteiger partial charge in [0.1, 0.15) is 6.29 Å². The highest BCUT2D eigenvalue weighted by molar-refractivity contribution is 5.76. The van der Waals surface area contributed by atoms with Crippen LogP contribution in [-0.2, 0) is 7.05 Å². The maximum absolute atomic E-state index is 10.5. The summed E-state index contributed by atoms with van der Waals surface area (Å²) in [6, 6.07) is 9.38. The molecule has 1 heterocycles. The van der Waals surface area contributed by atoms with Gasteiger partial charge in [0, 0.05) is 18.8 Å². The molecule has 0 amide bonds. The van der Waals surface area contributed by atoms with E-state index >= 15 is 0 Å². The van der Waals surface area contributed by atoms with E-state index < -0.39 is 0 Å². The van der Waals surface area contributed by atoms with Gasteiger partial charge in [0.25, 0.3) is 0 Å². The Bertz CT molecular complexity index is 443. The van der Waals surface area contributed by atoms with Crippen LogP contribution in [0.5, 0.6) is 0 Å². The molecule has 0 unspecified atom stereocenters. The quantitative estimate of drug-likeness (QED) is 0.671. The molecule has 0 fully saturated rings. The van der Waals surface area contributed by atoms with Crippen LogP contribution >= 0.6 is 0 Å². The predicted octanol–water partition coefficient (Wildman–Crippen LogP) is 1.90. The lowest BCUT2D eigenvalue weighted by Crippen LogP contribution is -1.93. The van der Waals surface area contributed by atoms with Crippen molar-refractivity contribution in [1.29, 1.82) is 0 Å². The zero-order valence-electron chi connectivity index (χ0n) is 7.84. The van der Waals surface area contributed by atoms with Gasteiger partial charge in [-0.25, -0.2) is 0 Å². The molecule has 1 aromatic carbocycles. The smallest absolute Gasteiger partial charge is 0.150 e. The number of carbonyl (C=O) groups is 1. The van der Waals surface area contributed by atoms with Crippen LogP contribution < -0.4 is 0 Å². The van der Waals surface area contributed by atoms with E-state index in [2.05, 4.69) is 5.10 Å². The molecule has 3 heteroatoms. The summed E-state index contributed by atoms with van der Waals surface area (Å²) in [7, 11) is 1.89. The SMILES string of the molecule is Cn1nccc1-c1ccc(C=O)cc1. The number of hydrogen-bond donors (Lipinski definition) is 0. The van der Waals surface area contributed by atoms with Crippen LogP contribution in [0.4, 0.5) is 0 Å². The van der Waals surface area contributed by atoms with E-state index in [1.807, 2.05) is 25.2 Å². The third kappa shape index (κ3) is 1.44. The Kier molecular flexibility index (Phi) is 2.14. The number of aryl methyl sites for hydroxylation is 1. The third-order valence-electron chi connectivity index (χ3n) is 2.16. The Hall–Kier alpha value is -1.90. The second kappa shape index (κ2) is 3.46. The summed E-state index contributed by atoms with van der Waals surface area (Å²) in [4.78, 5) is 10.5. The van der Waals surface area contributed by atoms with E-state index in [1.54, 1.807) is 23.0 Å². The van der Waals surface area contributed by atoms with Crippen LogP contribution in [-0.4, -0.2) is 16.1 Å². The van der Waals surface area contributed by atoms with Gasteiger partial charge in [0.15, 0.2) is 0 Å². The maximum Gasteiger partial charge on any atom is 0.150 e. The average Bonchev–Trinajstić information content (AvgIpc) is 2.65. The van der Waals surface area contributed by atoms with E-state index in [4.69, 9.17) is 0 Å². The lowest BCUT2D eigenvalue weighted by Gasteiger charge is -2.01. The van der Waals surface area contributed by atoms with Gasteiger partial charge in [-0.15, -0.1) is 0 Å². The average molecular weight is 186 g/mol. The first-order valence-corrected chi connectivity index (χ1v) is 4.35. The fourth-order valence-electron chi connectivity index (χ4n) is 1.39. The van der Waals surface area contributed by atoms with Crippen molar-refractivity contribution in [2.75, 3.05) is 0 Å². The minimum absolute atomic E-state index is 0.691. The van der Waals surface area contributed by atoms with Crippen LogP contribution in [0.25, 0.3) is 11.3 Å². The maximum atomic E-state index is 10.5. The summed E-state index contributed by atoms with van der Waals surface area (Å²) >= 11 is 0. The fraction of sp³-hybridized carbons (Fsp3) is 0.0909. The fourth-order valence-corrected chi connectivity index (χ4v) is 1.39. The molecule has 3 nitrogen and oxygen atoms in total. The topological polar surface area (TPSA) is 34.9 Å². The first kappa shape index (κ1) is 8.69. The Morgan fingerprint density at radius 2 is 1.93 bits per heavy atom. The monoisotopic (exact) mass is 186 g/mol. The molecular formula is C11H10N2O. The molecule has 2 rings (SSSR count). The molecular weight excluding hydrogens is 176 g/mol. The van der Waals surface area contributed by atoms with Crippen molar-refractivity contribution in [2.24, 2.45) is 7.05 Å². The highest BCUT2D eigenvalue weighted by Gasteiger charge is 2.01. The number of rotatable bonds is 2. The van der Waals surface area contributed by atoms with Gasteiger partial charge in [-0.2, -0.15) is 5.10 Å². The largest absolute Gasteiger partial charge is 0.298 e. The zero-order valence-corrected chi connectivity index (χ0v) is 7.84. The molecule has 0 saturated carbocycles. The minimum Gasteiger partial charge on any atom is -0.298 e. The normalized spacial score (nSPS) is 10.1. The predicted molar refractivity (Wildman–Crippen MR) is 54.0 cm³/mol. The van der Waals surface area contributed by atoms with Crippen molar-refractivity contribution in [1.82, 2.24) is 9.78 Å². The molecule has 0 spiro atoms. The zero-order chi connectivity index (χ0) is 9.97. The Labute approximate surface area is 82.0 Å². The van der Waals surface area contributed by atoms with Crippen molar-refractivity contribution in [2.45, 2.75) is 0 Å². The van der Waals surface area contributed by atoms with Crippen molar-refractivity contribution >= 4 is 6.29 Å². The summed E-state index contributed by atoms with van der Waals surface area (Å²) < 4.78 is 1.80. The molecule has 70 valence electrons. The number of carbonyl (C=O) groups excluding carboxylic acids is 1. The van der Waals surface area contributed by atoms with Gasteiger partial charge in [-0.05, 0) is 11.6 Å². The summed E-state index contributed by atoms with van der Waals surface area (Å²) in [5.74, 6) is 0. The molecule has 0 atom stereocenters. The van der Waals surface area contributed by atoms with Gasteiger partial charge in [0.2, 0.25) is 0 Å². The van der Waals surface area contributed by atoms with Gasteiger partial charge >= 0.3 is 0 Å². The number of nitrogens with zero attached hydrogens (tertiary/aromatic N) is 2. The summed E-state index contributed by atoms with van der Waals surface area (Å²) in [6.07, 6.45) is 2.59. The van der Waals surface area contributed by atoms with Crippen LogP contribution in [0.2, 0.25) is 0 Å². The molecule has 0 N–H and O–H groups in total. The molecule has 0 bridgehead atoms. The van der Waals surface area contributed by atoms with Crippen molar-refractivity contribution in [3.63, 3.8) is 0 Å². The Morgan fingerprint density at radius 3 is 2.43 bits per heavy atom. The van der Waals surface area contributed by atoms with Gasteiger partial charge < -0.3 is 0 Å². The summed E-state index contributed by atoms with van der Waals surface area (Å²) in [6.45, 7) is 0. The van der Waals surface area contributed by atoms with Crippen LogP contribution in [0.15, 0.2) is 36.5 Å². The molecule has 0 aliphatic heterocycles. The van der Waals surface area contributed by atoms with E-state index in [-0.39, 0.29) is 0 Å². The lowest BCUT2D eigenvalue weighted by atomic mass is 10.1. The first-order chi connectivity index (χ1) is 6.81. The molecule has 0 radical (unpaired) electrons. The highest BCUT2D eigenvalue weighted by atomic mass is 16.1. The van der Waals surface area contributed by atoms with Crippen molar-refractivity contribution in [3.05, 3.63) is 42.1 Å². The van der Waals surface area contributed by atoms with Gasteiger partial charge in [0.05, 0.1) is 5.69 Å². The highest BCUT2D eigenvalue weighted by Crippen LogP contribution is 2.17.